The lowest BCUT2D eigenvalue weighted by Gasteiger charge is -2.13. The summed E-state index contributed by atoms with van der Waals surface area (Å²) >= 11 is 0. The SMILES string of the molecule is COc1ccc(-n2nc(C(=O)NCc3cccnc3)c(=O)n(Cc3ccc(C)cc3)c2=O)cc1. The molecule has 4 rings (SSSR count). The molecule has 2 aromatic carbocycles. The molecule has 2 aromatic heterocycles. The van der Waals surface area contributed by atoms with Gasteiger partial charge in [-0.3, -0.25) is 19.1 Å². The third-order valence-corrected chi connectivity index (χ3v) is 5.23. The van der Waals surface area contributed by atoms with Crippen LogP contribution in [-0.4, -0.2) is 32.3 Å². The molecule has 172 valence electrons. The first-order chi connectivity index (χ1) is 16.5. The molecular formula is C25H23N5O4. The number of methoxy groups -OCH3 is 1. The number of benzene rings is 2. The van der Waals surface area contributed by atoms with E-state index in [1.165, 1.54) is 7.11 Å². The third-order valence-electron chi connectivity index (χ3n) is 5.23. The van der Waals surface area contributed by atoms with Gasteiger partial charge < -0.3 is 10.1 Å². The van der Waals surface area contributed by atoms with Crippen molar-refractivity contribution in [2.24, 2.45) is 0 Å². The Morgan fingerprint density at radius 3 is 2.38 bits per heavy atom. The zero-order chi connectivity index (χ0) is 24.1. The number of aromatic nitrogens is 4. The molecule has 0 fully saturated rings. The van der Waals surface area contributed by atoms with E-state index in [-0.39, 0.29) is 18.8 Å². The van der Waals surface area contributed by atoms with Gasteiger partial charge in [-0.2, -0.15) is 9.78 Å². The standard InChI is InChI=1S/C25H23N5O4/c1-17-5-7-18(8-6-17)16-29-24(32)22(23(31)27-15-19-4-3-13-26-14-19)28-30(25(29)33)20-9-11-21(34-2)12-10-20/h3-14H,15-16H2,1-2H3,(H,27,31). The quantitative estimate of drug-likeness (QED) is 0.455. The van der Waals surface area contributed by atoms with Crippen molar-refractivity contribution in [3.8, 4) is 11.4 Å². The second-order valence-corrected chi connectivity index (χ2v) is 7.66. The first-order valence-electron chi connectivity index (χ1n) is 10.6. The zero-order valence-electron chi connectivity index (χ0n) is 18.8. The molecule has 4 aromatic rings. The van der Waals surface area contributed by atoms with Crippen LogP contribution < -0.4 is 21.3 Å². The Hall–Kier alpha value is -4.53. The van der Waals surface area contributed by atoms with Crippen LogP contribution in [-0.2, 0) is 13.1 Å². The smallest absolute Gasteiger partial charge is 0.352 e. The number of ether oxygens (including phenoxy) is 1. The molecule has 0 radical (unpaired) electrons. The van der Waals surface area contributed by atoms with Gasteiger partial charge in [0.25, 0.3) is 11.5 Å². The Bertz CT molecular complexity index is 1410. The third kappa shape index (κ3) is 4.93. The summed E-state index contributed by atoms with van der Waals surface area (Å²) in [6.07, 6.45) is 3.24. The molecule has 34 heavy (non-hydrogen) atoms. The van der Waals surface area contributed by atoms with Crippen LogP contribution in [0.15, 0.2) is 82.6 Å². The van der Waals surface area contributed by atoms with E-state index in [0.29, 0.717) is 11.4 Å². The lowest BCUT2D eigenvalue weighted by molar-refractivity contribution is 0.0941. The maximum absolute atomic E-state index is 13.3. The van der Waals surface area contributed by atoms with Crippen LogP contribution in [0.1, 0.15) is 27.2 Å². The van der Waals surface area contributed by atoms with E-state index in [4.69, 9.17) is 4.74 Å². The first kappa shape index (κ1) is 22.7. The molecule has 0 aliphatic carbocycles. The molecule has 0 atom stereocenters. The summed E-state index contributed by atoms with van der Waals surface area (Å²) in [4.78, 5) is 43.4. The number of hydrogen-bond acceptors (Lipinski definition) is 6. The van der Waals surface area contributed by atoms with Crippen molar-refractivity contribution in [2.45, 2.75) is 20.0 Å². The summed E-state index contributed by atoms with van der Waals surface area (Å²) in [5.41, 5.74) is 1.16. The number of carbonyl (C=O) groups excluding carboxylic acids is 1. The van der Waals surface area contributed by atoms with Crippen molar-refractivity contribution in [2.75, 3.05) is 7.11 Å². The number of nitrogens with one attached hydrogen (secondary N) is 1. The number of rotatable bonds is 7. The lowest BCUT2D eigenvalue weighted by atomic mass is 10.1. The molecule has 0 spiro atoms. The van der Waals surface area contributed by atoms with Crippen LogP contribution in [0.3, 0.4) is 0 Å². The summed E-state index contributed by atoms with van der Waals surface area (Å²) in [5, 5.41) is 6.81. The summed E-state index contributed by atoms with van der Waals surface area (Å²) in [5.74, 6) is -0.0898. The molecule has 2 heterocycles. The van der Waals surface area contributed by atoms with E-state index in [2.05, 4.69) is 15.4 Å². The topological polar surface area (TPSA) is 108 Å². The van der Waals surface area contributed by atoms with Gasteiger partial charge in [-0.1, -0.05) is 35.9 Å². The Kier molecular flexibility index (Phi) is 6.63. The predicted octanol–water partition coefficient (Wildman–Crippen LogP) is 2.08. The van der Waals surface area contributed by atoms with Crippen LogP contribution in [0.5, 0.6) is 5.75 Å². The van der Waals surface area contributed by atoms with Gasteiger partial charge in [0.2, 0.25) is 5.69 Å². The molecule has 1 amide bonds. The highest BCUT2D eigenvalue weighted by atomic mass is 16.5. The van der Waals surface area contributed by atoms with Gasteiger partial charge >= 0.3 is 5.69 Å². The van der Waals surface area contributed by atoms with Crippen molar-refractivity contribution in [1.82, 2.24) is 24.6 Å². The lowest BCUT2D eigenvalue weighted by Crippen LogP contribution is -2.46. The van der Waals surface area contributed by atoms with Gasteiger partial charge in [-0.05, 0) is 48.4 Å². The molecule has 0 unspecified atom stereocenters. The van der Waals surface area contributed by atoms with Crippen molar-refractivity contribution < 1.29 is 9.53 Å². The summed E-state index contributed by atoms with van der Waals surface area (Å²) in [7, 11) is 1.53. The highest BCUT2D eigenvalue weighted by molar-refractivity contribution is 5.91. The predicted molar refractivity (Wildman–Crippen MR) is 126 cm³/mol. The number of nitrogens with zero attached hydrogens (tertiary/aromatic N) is 4. The molecule has 9 nitrogen and oxygen atoms in total. The van der Waals surface area contributed by atoms with E-state index in [1.807, 2.05) is 31.2 Å². The molecule has 1 N–H and O–H groups in total. The Morgan fingerprint density at radius 2 is 1.74 bits per heavy atom. The fourth-order valence-corrected chi connectivity index (χ4v) is 3.33. The van der Waals surface area contributed by atoms with Gasteiger partial charge in [0, 0.05) is 18.9 Å². The van der Waals surface area contributed by atoms with E-state index >= 15 is 0 Å². The minimum absolute atomic E-state index is 0.000489. The van der Waals surface area contributed by atoms with Crippen LogP contribution in [0.25, 0.3) is 5.69 Å². The maximum Gasteiger partial charge on any atom is 0.352 e. The largest absolute Gasteiger partial charge is 0.497 e. The monoisotopic (exact) mass is 457 g/mol. The fourth-order valence-electron chi connectivity index (χ4n) is 3.33. The van der Waals surface area contributed by atoms with Crippen LogP contribution in [0, 0.1) is 6.92 Å². The number of amides is 1. The molecule has 0 saturated carbocycles. The average molecular weight is 457 g/mol. The van der Waals surface area contributed by atoms with Crippen LogP contribution in [0.4, 0.5) is 0 Å². The number of aryl methyl sites for hydroxylation is 1. The molecule has 0 bridgehead atoms. The van der Waals surface area contributed by atoms with E-state index in [9.17, 15) is 14.4 Å². The molecule has 9 heteroatoms. The summed E-state index contributed by atoms with van der Waals surface area (Å²) < 4.78 is 7.23. The summed E-state index contributed by atoms with van der Waals surface area (Å²) in [6.45, 7) is 2.11. The molecule has 0 aliphatic rings. The average Bonchev–Trinajstić information content (AvgIpc) is 2.87. The van der Waals surface area contributed by atoms with Crippen molar-refractivity contribution in [1.29, 1.82) is 0 Å². The molecule has 0 aliphatic heterocycles. The molecule has 0 saturated heterocycles. The highest BCUT2D eigenvalue weighted by Gasteiger charge is 2.20. The van der Waals surface area contributed by atoms with Crippen LogP contribution in [0.2, 0.25) is 0 Å². The maximum atomic E-state index is 13.3. The first-order valence-corrected chi connectivity index (χ1v) is 10.6. The Balaban J connectivity index is 1.77. The van der Waals surface area contributed by atoms with E-state index < -0.39 is 17.2 Å². The van der Waals surface area contributed by atoms with Crippen LogP contribution >= 0.6 is 0 Å². The highest BCUT2D eigenvalue weighted by Crippen LogP contribution is 2.13. The number of carbonyl (C=O) groups is 1. The minimum atomic E-state index is -0.765. The second kappa shape index (κ2) is 9.95. The van der Waals surface area contributed by atoms with Gasteiger partial charge in [-0.15, -0.1) is 0 Å². The Morgan fingerprint density at radius 1 is 1.00 bits per heavy atom. The summed E-state index contributed by atoms with van der Waals surface area (Å²) in [6, 6.07) is 17.6. The van der Waals surface area contributed by atoms with Gasteiger partial charge in [-0.25, -0.2) is 4.79 Å². The number of hydrogen-bond donors (Lipinski definition) is 1. The minimum Gasteiger partial charge on any atom is -0.497 e. The van der Waals surface area contributed by atoms with E-state index in [0.717, 1.165) is 25.9 Å². The van der Waals surface area contributed by atoms with E-state index in [1.54, 1.807) is 48.8 Å². The fraction of sp³-hybridized carbons (Fsp3) is 0.160. The van der Waals surface area contributed by atoms with Gasteiger partial charge in [0.05, 0.1) is 19.3 Å². The molecular weight excluding hydrogens is 434 g/mol. The second-order valence-electron chi connectivity index (χ2n) is 7.66. The van der Waals surface area contributed by atoms with Gasteiger partial charge in [0.1, 0.15) is 5.75 Å². The normalized spacial score (nSPS) is 10.6. The van der Waals surface area contributed by atoms with Gasteiger partial charge in [0.15, 0.2) is 0 Å². The zero-order valence-corrected chi connectivity index (χ0v) is 18.8. The number of pyridine rings is 1. The van der Waals surface area contributed by atoms with Crippen molar-refractivity contribution in [3.63, 3.8) is 0 Å². The van der Waals surface area contributed by atoms with Crippen molar-refractivity contribution in [3.05, 3.63) is 116 Å². The Labute approximate surface area is 195 Å². The van der Waals surface area contributed by atoms with Crippen molar-refractivity contribution >= 4 is 5.91 Å².